The minimum atomic E-state index is -2.45. The number of carboxylic acids is 1. The van der Waals surface area contributed by atoms with Crippen molar-refractivity contribution in [3.63, 3.8) is 0 Å². The summed E-state index contributed by atoms with van der Waals surface area (Å²) in [4.78, 5) is 10.0. The van der Waals surface area contributed by atoms with Crippen LogP contribution in [0.3, 0.4) is 0 Å². The van der Waals surface area contributed by atoms with Crippen LogP contribution in [0.1, 0.15) is 9.67 Å². The van der Waals surface area contributed by atoms with E-state index in [2.05, 4.69) is 0 Å². The van der Waals surface area contributed by atoms with Crippen molar-refractivity contribution in [3.8, 4) is 0 Å². The standard InChI is InChI=1S/C5H4O4S2/c6-5(7)4-3(11(8)9)1-2-10-4/h1-2H,(H,6,7)(H,8,9)/p-1. The van der Waals surface area contributed by atoms with Gasteiger partial charge >= 0.3 is 5.97 Å². The molecule has 6 heteroatoms. The Morgan fingerprint density at radius 3 is 2.73 bits per heavy atom. The fraction of sp³-hybridized carbons (Fsp3) is 0. The topological polar surface area (TPSA) is 77.4 Å². The molecule has 1 N–H and O–H groups in total. The van der Waals surface area contributed by atoms with Crippen LogP contribution in [0.15, 0.2) is 16.3 Å². The Kier molecular flexibility index (Phi) is 2.38. The zero-order valence-electron chi connectivity index (χ0n) is 5.14. The van der Waals surface area contributed by atoms with Gasteiger partial charge in [-0.3, -0.25) is 4.21 Å². The number of carboxylic acid groups (broad SMARTS) is 1. The highest BCUT2D eigenvalue weighted by Crippen LogP contribution is 2.18. The average molecular weight is 191 g/mol. The monoisotopic (exact) mass is 191 g/mol. The van der Waals surface area contributed by atoms with E-state index in [1.54, 1.807) is 0 Å². The Morgan fingerprint density at radius 1 is 1.73 bits per heavy atom. The zero-order chi connectivity index (χ0) is 8.43. The van der Waals surface area contributed by atoms with Gasteiger partial charge in [0.2, 0.25) is 0 Å². The summed E-state index contributed by atoms with van der Waals surface area (Å²) >= 11 is -1.56. The third-order valence-corrected chi connectivity index (χ3v) is 2.73. The van der Waals surface area contributed by atoms with Crippen LogP contribution in [0, 0.1) is 0 Å². The summed E-state index contributed by atoms with van der Waals surface area (Å²) in [5, 5.41) is 9.87. The lowest BCUT2D eigenvalue weighted by Crippen LogP contribution is -1.98. The molecule has 0 aliphatic rings. The Morgan fingerprint density at radius 2 is 2.36 bits per heavy atom. The predicted molar refractivity (Wildman–Crippen MR) is 38.5 cm³/mol. The second kappa shape index (κ2) is 3.12. The Labute approximate surface area is 68.8 Å². The molecule has 0 saturated heterocycles. The van der Waals surface area contributed by atoms with Crippen LogP contribution in [-0.4, -0.2) is 19.8 Å². The van der Waals surface area contributed by atoms with E-state index in [0.717, 1.165) is 11.3 Å². The van der Waals surface area contributed by atoms with Crippen LogP contribution >= 0.6 is 11.3 Å². The molecule has 0 spiro atoms. The highest BCUT2D eigenvalue weighted by Gasteiger charge is 2.11. The van der Waals surface area contributed by atoms with Gasteiger partial charge in [0.05, 0.1) is 4.90 Å². The first-order chi connectivity index (χ1) is 5.13. The van der Waals surface area contributed by atoms with Gasteiger partial charge in [0, 0.05) is 0 Å². The molecule has 0 aliphatic heterocycles. The molecule has 11 heavy (non-hydrogen) atoms. The van der Waals surface area contributed by atoms with Crippen LogP contribution in [-0.2, 0) is 11.1 Å². The summed E-state index contributed by atoms with van der Waals surface area (Å²) in [5.74, 6) is -1.21. The van der Waals surface area contributed by atoms with Crippen molar-refractivity contribution in [1.29, 1.82) is 0 Å². The Bertz CT molecular complexity index is 275. The average Bonchev–Trinajstić information content (AvgIpc) is 2.32. The highest BCUT2D eigenvalue weighted by molar-refractivity contribution is 7.79. The lowest BCUT2D eigenvalue weighted by atomic mass is 10.5. The van der Waals surface area contributed by atoms with Crippen molar-refractivity contribution in [2.45, 2.75) is 4.90 Å². The minimum absolute atomic E-state index is 0.140. The third kappa shape index (κ3) is 1.65. The Balaban J connectivity index is 3.16. The SMILES string of the molecule is O=C(O)c1sccc1S(=O)[O-]. The van der Waals surface area contributed by atoms with Crippen LogP contribution in [0.2, 0.25) is 0 Å². The summed E-state index contributed by atoms with van der Waals surface area (Å²) in [7, 11) is 0. The van der Waals surface area contributed by atoms with E-state index in [-0.39, 0.29) is 9.77 Å². The molecule has 1 unspecified atom stereocenters. The molecule has 0 radical (unpaired) electrons. The van der Waals surface area contributed by atoms with Crippen molar-refractivity contribution in [2.75, 3.05) is 0 Å². The number of hydrogen-bond acceptors (Lipinski definition) is 4. The second-order valence-electron chi connectivity index (χ2n) is 1.65. The fourth-order valence-corrected chi connectivity index (χ4v) is 2.06. The molecular weight excluding hydrogens is 188 g/mol. The van der Waals surface area contributed by atoms with Crippen LogP contribution < -0.4 is 0 Å². The molecule has 1 aromatic rings. The van der Waals surface area contributed by atoms with Gasteiger partial charge in [-0.05, 0) is 22.5 Å². The molecule has 0 fully saturated rings. The Hall–Kier alpha value is -0.720. The maximum atomic E-state index is 10.3. The van der Waals surface area contributed by atoms with E-state index in [1.807, 2.05) is 0 Å². The predicted octanol–water partition coefficient (Wildman–Crippen LogP) is 0.684. The first kappa shape index (κ1) is 8.38. The van der Waals surface area contributed by atoms with Gasteiger partial charge in [-0.15, -0.1) is 11.3 Å². The summed E-state index contributed by atoms with van der Waals surface area (Å²) in [6, 6.07) is 1.26. The quantitative estimate of drug-likeness (QED) is 0.697. The molecule has 0 bridgehead atoms. The molecule has 0 amide bonds. The van der Waals surface area contributed by atoms with E-state index in [4.69, 9.17) is 5.11 Å². The van der Waals surface area contributed by atoms with E-state index in [1.165, 1.54) is 11.4 Å². The molecule has 1 rings (SSSR count). The zero-order valence-corrected chi connectivity index (χ0v) is 6.78. The maximum absolute atomic E-state index is 10.3. The molecule has 0 saturated carbocycles. The largest absolute Gasteiger partial charge is 0.768 e. The molecule has 1 heterocycles. The van der Waals surface area contributed by atoms with Crippen LogP contribution in [0.4, 0.5) is 0 Å². The minimum Gasteiger partial charge on any atom is -0.768 e. The van der Waals surface area contributed by atoms with Gasteiger partial charge in [0.1, 0.15) is 4.88 Å². The first-order valence-electron chi connectivity index (χ1n) is 2.53. The number of hydrogen-bond donors (Lipinski definition) is 1. The molecule has 1 atom stereocenters. The van der Waals surface area contributed by atoms with Crippen molar-refractivity contribution >= 4 is 28.4 Å². The van der Waals surface area contributed by atoms with E-state index in [9.17, 15) is 13.6 Å². The fourth-order valence-electron chi connectivity index (χ4n) is 0.585. The number of aromatic carboxylic acids is 1. The normalized spacial score (nSPS) is 12.8. The van der Waals surface area contributed by atoms with Crippen molar-refractivity contribution in [3.05, 3.63) is 16.3 Å². The maximum Gasteiger partial charge on any atom is 0.347 e. The van der Waals surface area contributed by atoms with Crippen LogP contribution in [0.5, 0.6) is 0 Å². The molecule has 1 aromatic heterocycles. The van der Waals surface area contributed by atoms with Crippen molar-refractivity contribution < 1.29 is 18.7 Å². The molecule has 4 nitrogen and oxygen atoms in total. The second-order valence-corrected chi connectivity index (χ2v) is 3.48. The molecule has 60 valence electrons. The summed E-state index contributed by atoms with van der Waals surface area (Å²) < 4.78 is 20.7. The summed E-state index contributed by atoms with van der Waals surface area (Å²) in [6.45, 7) is 0. The van der Waals surface area contributed by atoms with Crippen molar-refractivity contribution in [2.24, 2.45) is 0 Å². The lowest BCUT2D eigenvalue weighted by Gasteiger charge is -2.01. The summed E-state index contributed by atoms with van der Waals surface area (Å²) in [6.07, 6.45) is 0. The number of thiophene rings is 1. The van der Waals surface area contributed by atoms with Gasteiger partial charge in [0.25, 0.3) is 0 Å². The highest BCUT2D eigenvalue weighted by atomic mass is 32.2. The van der Waals surface area contributed by atoms with Crippen LogP contribution in [0.25, 0.3) is 0 Å². The molecular formula is C5H3O4S2-. The third-order valence-electron chi connectivity index (χ3n) is 1.00. The lowest BCUT2D eigenvalue weighted by molar-refractivity contribution is 0.0698. The molecule has 0 aliphatic carbocycles. The van der Waals surface area contributed by atoms with E-state index in [0.29, 0.717) is 0 Å². The number of carbonyl (C=O) groups is 1. The van der Waals surface area contributed by atoms with E-state index >= 15 is 0 Å². The van der Waals surface area contributed by atoms with Crippen molar-refractivity contribution in [1.82, 2.24) is 0 Å². The van der Waals surface area contributed by atoms with Gasteiger partial charge in [-0.1, -0.05) is 0 Å². The smallest absolute Gasteiger partial charge is 0.347 e. The summed E-state index contributed by atoms with van der Waals surface area (Å²) in [5.41, 5.74) is 0. The van der Waals surface area contributed by atoms with E-state index < -0.39 is 17.0 Å². The van der Waals surface area contributed by atoms with Gasteiger partial charge in [-0.2, -0.15) is 0 Å². The first-order valence-corrected chi connectivity index (χ1v) is 4.48. The molecule has 0 aromatic carbocycles. The van der Waals surface area contributed by atoms with Gasteiger partial charge < -0.3 is 9.66 Å². The number of rotatable bonds is 2. The van der Waals surface area contributed by atoms with Gasteiger partial charge in [-0.25, -0.2) is 4.79 Å². The van der Waals surface area contributed by atoms with Gasteiger partial charge in [0.15, 0.2) is 0 Å².